The SMILES string of the molecule is Cc1ncsc1C(=O)N1CCC2(O)CCCCC2C1. The molecule has 104 valence electrons. The lowest BCUT2D eigenvalue weighted by molar-refractivity contribution is -0.0885. The zero-order valence-corrected chi connectivity index (χ0v) is 12.1. The summed E-state index contributed by atoms with van der Waals surface area (Å²) in [5.74, 6) is 0.347. The molecule has 3 rings (SSSR count). The number of thiazole rings is 1. The van der Waals surface area contributed by atoms with Gasteiger partial charge in [-0.1, -0.05) is 12.8 Å². The molecule has 1 aromatic rings. The Morgan fingerprint density at radius 1 is 1.53 bits per heavy atom. The van der Waals surface area contributed by atoms with Gasteiger partial charge in [-0.15, -0.1) is 11.3 Å². The molecule has 2 unspecified atom stereocenters. The van der Waals surface area contributed by atoms with Gasteiger partial charge in [0.25, 0.3) is 5.91 Å². The van der Waals surface area contributed by atoms with Gasteiger partial charge in [0.2, 0.25) is 0 Å². The van der Waals surface area contributed by atoms with E-state index in [1.54, 1.807) is 5.51 Å². The average Bonchev–Trinajstić information content (AvgIpc) is 2.83. The molecule has 5 heteroatoms. The highest BCUT2D eigenvalue weighted by Crippen LogP contribution is 2.40. The Balaban J connectivity index is 1.74. The minimum atomic E-state index is -0.516. The molecule has 1 aliphatic carbocycles. The highest BCUT2D eigenvalue weighted by atomic mass is 32.1. The van der Waals surface area contributed by atoms with Crippen LogP contribution in [0.5, 0.6) is 0 Å². The van der Waals surface area contributed by atoms with E-state index in [0.29, 0.717) is 13.1 Å². The predicted molar refractivity (Wildman–Crippen MR) is 74.3 cm³/mol. The van der Waals surface area contributed by atoms with Crippen molar-refractivity contribution >= 4 is 17.2 Å². The number of likely N-dealkylation sites (tertiary alicyclic amines) is 1. The van der Waals surface area contributed by atoms with E-state index >= 15 is 0 Å². The lowest BCUT2D eigenvalue weighted by Gasteiger charge is -2.47. The summed E-state index contributed by atoms with van der Waals surface area (Å²) in [5, 5.41) is 10.6. The number of fused-ring (bicyclic) bond motifs is 1. The minimum absolute atomic E-state index is 0.0904. The summed E-state index contributed by atoms with van der Waals surface area (Å²) < 4.78 is 0. The molecule has 2 aliphatic rings. The molecule has 0 aromatic carbocycles. The van der Waals surface area contributed by atoms with Crippen molar-refractivity contribution in [2.45, 2.75) is 44.6 Å². The van der Waals surface area contributed by atoms with Crippen LogP contribution in [0.3, 0.4) is 0 Å². The number of carbonyl (C=O) groups excluding carboxylic acids is 1. The van der Waals surface area contributed by atoms with E-state index in [9.17, 15) is 9.90 Å². The van der Waals surface area contributed by atoms with Crippen LogP contribution in [0, 0.1) is 12.8 Å². The fraction of sp³-hybridized carbons (Fsp3) is 0.714. The first-order valence-electron chi connectivity index (χ1n) is 7.02. The number of rotatable bonds is 1. The average molecular weight is 280 g/mol. The van der Waals surface area contributed by atoms with Crippen molar-refractivity contribution in [3.05, 3.63) is 16.1 Å². The van der Waals surface area contributed by atoms with Gasteiger partial charge in [0.05, 0.1) is 16.8 Å². The number of amides is 1. The molecule has 1 saturated heterocycles. The second kappa shape index (κ2) is 4.87. The molecule has 1 N–H and O–H groups in total. The first-order valence-corrected chi connectivity index (χ1v) is 7.90. The molecule has 0 radical (unpaired) electrons. The number of hydrogen-bond acceptors (Lipinski definition) is 4. The van der Waals surface area contributed by atoms with E-state index in [4.69, 9.17) is 0 Å². The van der Waals surface area contributed by atoms with Crippen molar-refractivity contribution < 1.29 is 9.90 Å². The van der Waals surface area contributed by atoms with Crippen molar-refractivity contribution in [2.75, 3.05) is 13.1 Å². The number of carbonyl (C=O) groups is 1. The fourth-order valence-corrected chi connectivity index (χ4v) is 4.18. The Bertz CT molecular complexity index is 488. The van der Waals surface area contributed by atoms with Gasteiger partial charge in [0.15, 0.2) is 0 Å². The van der Waals surface area contributed by atoms with Gasteiger partial charge < -0.3 is 10.0 Å². The van der Waals surface area contributed by atoms with Gasteiger partial charge >= 0.3 is 0 Å². The first-order chi connectivity index (χ1) is 9.10. The van der Waals surface area contributed by atoms with Crippen molar-refractivity contribution in [3.8, 4) is 0 Å². The lowest BCUT2D eigenvalue weighted by Crippen LogP contribution is -2.54. The Morgan fingerprint density at radius 3 is 3.11 bits per heavy atom. The molecule has 1 aromatic heterocycles. The van der Waals surface area contributed by atoms with E-state index in [1.807, 2.05) is 11.8 Å². The molecule has 1 aliphatic heterocycles. The largest absolute Gasteiger partial charge is 0.389 e. The molecule has 19 heavy (non-hydrogen) atoms. The van der Waals surface area contributed by atoms with Crippen LogP contribution in [0.4, 0.5) is 0 Å². The highest BCUT2D eigenvalue weighted by Gasteiger charge is 2.44. The van der Waals surface area contributed by atoms with Gasteiger partial charge in [0, 0.05) is 19.0 Å². The fourth-order valence-electron chi connectivity index (χ4n) is 3.41. The Hall–Kier alpha value is -0.940. The predicted octanol–water partition coefficient (Wildman–Crippen LogP) is 2.22. The van der Waals surface area contributed by atoms with Gasteiger partial charge in [0.1, 0.15) is 4.88 Å². The summed E-state index contributed by atoms with van der Waals surface area (Å²) in [4.78, 5) is 19.3. The Labute approximate surface area is 117 Å². The summed E-state index contributed by atoms with van der Waals surface area (Å²) in [6.45, 7) is 3.25. The number of aromatic nitrogens is 1. The standard InChI is InChI=1S/C14H20N2O2S/c1-10-12(19-9-15-10)13(17)16-7-6-14(18)5-3-2-4-11(14)8-16/h9,11,18H,2-8H2,1H3. The van der Waals surface area contributed by atoms with Crippen LogP contribution in [-0.2, 0) is 0 Å². The van der Waals surface area contributed by atoms with Crippen molar-refractivity contribution in [3.63, 3.8) is 0 Å². The monoisotopic (exact) mass is 280 g/mol. The topological polar surface area (TPSA) is 53.4 Å². The summed E-state index contributed by atoms with van der Waals surface area (Å²) in [6.07, 6.45) is 4.96. The molecule has 2 fully saturated rings. The smallest absolute Gasteiger partial charge is 0.265 e. The van der Waals surface area contributed by atoms with Crippen LogP contribution in [0.1, 0.15) is 47.5 Å². The second-order valence-corrected chi connectivity index (χ2v) is 6.67. The van der Waals surface area contributed by atoms with Crippen molar-refractivity contribution in [2.24, 2.45) is 5.92 Å². The number of aliphatic hydroxyl groups is 1. The maximum absolute atomic E-state index is 12.5. The molecule has 4 nitrogen and oxygen atoms in total. The third kappa shape index (κ3) is 2.30. The third-order valence-corrected chi connectivity index (χ3v) is 5.57. The van der Waals surface area contributed by atoms with E-state index in [-0.39, 0.29) is 11.8 Å². The number of nitrogens with zero attached hydrogens (tertiary/aromatic N) is 2. The maximum atomic E-state index is 12.5. The van der Waals surface area contributed by atoms with Crippen LogP contribution >= 0.6 is 11.3 Å². The number of aryl methyl sites for hydroxylation is 1. The normalized spacial score (nSPS) is 31.1. The molecular formula is C14H20N2O2S. The number of piperidine rings is 1. The Morgan fingerprint density at radius 2 is 2.37 bits per heavy atom. The maximum Gasteiger partial charge on any atom is 0.265 e. The van der Waals surface area contributed by atoms with Gasteiger partial charge in [-0.25, -0.2) is 4.98 Å². The van der Waals surface area contributed by atoms with Crippen LogP contribution in [-0.4, -0.2) is 39.6 Å². The molecular weight excluding hydrogens is 260 g/mol. The van der Waals surface area contributed by atoms with E-state index < -0.39 is 5.60 Å². The van der Waals surface area contributed by atoms with E-state index in [2.05, 4.69) is 4.98 Å². The molecule has 0 bridgehead atoms. The lowest BCUT2D eigenvalue weighted by atomic mass is 9.71. The van der Waals surface area contributed by atoms with Crippen molar-refractivity contribution in [1.29, 1.82) is 0 Å². The molecule has 0 spiro atoms. The summed E-state index contributed by atoms with van der Waals surface area (Å²) in [7, 11) is 0. The summed E-state index contributed by atoms with van der Waals surface area (Å²) in [5.41, 5.74) is 2.03. The molecule has 1 saturated carbocycles. The molecule has 1 amide bonds. The second-order valence-electron chi connectivity index (χ2n) is 5.81. The quantitative estimate of drug-likeness (QED) is 0.858. The van der Waals surface area contributed by atoms with Crippen molar-refractivity contribution in [1.82, 2.24) is 9.88 Å². The van der Waals surface area contributed by atoms with Crippen LogP contribution in [0.2, 0.25) is 0 Å². The Kier molecular flexibility index (Phi) is 3.35. The van der Waals surface area contributed by atoms with Gasteiger partial charge in [-0.3, -0.25) is 4.79 Å². The van der Waals surface area contributed by atoms with Crippen LogP contribution in [0.25, 0.3) is 0 Å². The van der Waals surface area contributed by atoms with E-state index in [0.717, 1.165) is 36.3 Å². The third-order valence-electron chi connectivity index (χ3n) is 4.65. The number of hydrogen-bond donors (Lipinski definition) is 1. The van der Waals surface area contributed by atoms with Gasteiger partial charge in [-0.05, 0) is 26.2 Å². The molecule has 2 heterocycles. The molecule has 2 atom stereocenters. The summed E-state index contributed by atoms with van der Waals surface area (Å²) >= 11 is 1.41. The summed E-state index contributed by atoms with van der Waals surface area (Å²) in [6, 6.07) is 0. The van der Waals surface area contributed by atoms with Crippen LogP contribution < -0.4 is 0 Å². The zero-order valence-electron chi connectivity index (χ0n) is 11.3. The minimum Gasteiger partial charge on any atom is -0.389 e. The van der Waals surface area contributed by atoms with E-state index in [1.165, 1.54) is 17.8 Å². The van der Waals surface area contributed by atoms with Crippen LogP contribution in [0.15, 0.2) is 5.51 Å². The first kappa shape index (κ1) is 13.1. The highest BCUT2D eigenvalue weighted by molar-refractivity contribution is 7.11. The zero-order chi connectivity index (χ0) is 13.5. The van der Waals surface area contributed by atoms with Gasteiger partial charge in [-0.2, -0.15) is 0 Å².